The second kappa shape index (κ2) is 9.03. The monoisotopic (exact) mass is 352 g/mol. The summed E-state index contributed by atoms with van der Waals surface area (Å²) in [5.74, 6) is -1.39. The maximum atomic E-state index is 12.3. The molecular formula is C19H20N4O3. The average molecular weight is 352 g/mol. The molecule has 0 aromatic heterocycles. The zero-order valence-corrected chi connectivity index (χ0v) is 14.3. The lowest BCUT2D eigenvalue weighted by atomic mass is 10.0. The van der Waals surface area contributed by atoms with Crippen LogP contribution in [0.25, 0.3) is 11.1 Å². The number of nitrogens with two attached hydrogens (primary N) is 1. The molecule has 0 aliphatic rings. The predicted molar refractivity (Wildman–Crippen MR) is 98.2 cm³/mol. The van der Waals surface area contributed by atoms with Crippen LogP contribution in [-0.4, -0.2) is 25.3 Å². The fraction of sp³-hybridized carbons (Fsp3) is 0.105. The molecular weight excluding hydrogens is 332 g/mol. The van der Waals surface area contributed by atoms with Gasteiger partial charge in [-0.2, -0.15) is 0 Å². The van der Waals surface area contributed by atoms with E-state index in [4.69, 9.17) is 5.73 Å². The van der Waals surface area contributed by atoms with Crippen molar-refractivity contribution in [2.45, 2.75) is 6.54 Å². The Bertz CT molecular complexity index is 832. The first-order valence-electron chi connectivity index (χ1n) is 7.91. The molecule has 26 heavy (non-hydrogen) atoms. The molecule has 0 saturated heterocycles. The van der Waals surface area contributed by atoms with E-state index in [0.717, 1.165) is 16.7 Å². The van der Waals surface area contributed by atoms with E-state index in [2.05, 4.69) is 10.6 Å². The Morgan fingerprint density at radius 2 is 1.69 bits per heavy atom. The first-order valence-corrected chi connectivity index (χ1v) is 7.91. The van der Waals surface area contributed by atoms with Gasteiger partial charge in [-0.25, -0.2) is 0 Å². The van der Waals surface area contributed by atoms with Crippen molar-refractivity contribution in [3.63, 3.8) is 0 Å². The average Bonchev–Trinajstić information content (AvgIpc) is 2.68. The third-order valence-electron chi connectivity index (χ3n) is 3.67. The highest BCUT2D eigenvalue weighted by Crippen LogP contribution is 2.19. The standard InChI is InChI=1S/C19H20N4O3/c1-21-17(16(20)18(25)23-12-24)19(26)22-11-13-6-5-9-15(10-13)14-7-3-2-4-8-14/h2-10,12,21H,11,20H2,1H3,(H,22,26)(H,23,24,25)/b17-16+. The Morgan fingerprint density at radius 3 is 2.35 bits per heavy atom. The van der Waals surface area contributed by atoms with E-state index in [9.17, 15) is 14.4 Å². The van der Waals surface area contributed by atoms with Crippen LogP contribution in [0.5, 0.6) is 0 Å². The molecule has 0 bridgehead atoms. The van der Waals surface area contributed by atoms with Gasteiger partial charge in [-0.05, 0) is 22.8 Å². The third-order valence-corrected chi connectivity index (χ3v) is 3.67. The summed E-state index contributed by atoms with van der Waals surface area (Å²) >= 11 is 0. The SMILES string of the molecule is CN/C(C(=O)NCc1cccc(-c2ccccc2)c1)=C(/N)C(=O)NC=O. The van der Waals surface area contributed by atoms with Crippen LogP contribution < -0.4 is 21.7 Å². The number of hydrogen-bond acceptors (Lipinski definition) is 5. The van der Waals surface area contributed by atoms with Gasteiger partial charge in [0, 0.05) is 13.6 Å². The van der Waals surface area contributed by atoms with E-state index in [-0.39, 0.29) is 24.3 Å². The number of amides is 3. The van der Waals surface area contributed by atoms with Crippen molar-refractivity contribution in [3.05, 3.63) is 71.6 Å². The van der Waals surface area contributed by atoms with Crippen LogP contribution in [-0.2, 0) is 20.9 Å². The largest absolute Gasteiger partial charge is 0.392 e. The van der Waals surface area contributed by atoms with Crippen LogP contribution in [0.1, 0.15) is 5.56 Å². The summed E-state index contributed by atoms with van der Waals surface area (Å²) in [6.45, 7) is 0.257. The fourth-order valence-corrected chi connectivity index (χ4v) is 2.38. The molecule has 134 valence electrons. The van der Waals surface area contributed by atoms with Crippen molar-refractivity contribution in [1.29, 1.82) is 0 Å². The Balaban J connectivity index is 2.10. The second-order valence-electron chi connectivity index (χ2n) is 5.38. The van der Waals surface area contributed by atoms with Gasteiger partial charge in [0.2, 0.25) is 6.41 Å². The molecule has 0 atom stereocenters. The molecule has 2 aromatic carbocycles. The van der Waals surface area contributed by atoms with Crippen molar-refractivity contribution in [1.82, 2.24) is 16.0 Å². The smallest absolute Gasteiger partial charge is 0.275 e. The van der Waals surface area contributed by atoms with E-state index >= 15 is 0 Å². The lowest BCUT2D eigenvalue weighted by Gasteiger charge is -2.12. The number of benzene rings is 2. The molecule has 0 aliphatic heterocycles. The molecule has 0 heterocycles. The van der Waals surface area contributed by atoms with Crippen LogP contribution in [0.3, 0.4) is 0 Å². The maximum absolute atomic E-state index is 12.3. The van der Waals surface area contributed by atoms with E-state index in [1.807, 2.05) is 59.9 Å². The lowest BCUT2D eigenvalue weighted by Crippen LogP contribution is -2.37. The van der Waals surface area contributed by atoms with Crippen molar-refractivity contribution < 1.29 is 14.4 Å². The van der Waals surface area contributed by atoms with Crippen LogP contribution in [0.4, 0.5) is 0 Å². The quantitative estimate of drug-likeness (QED) is 0.431. The lowest BCUT2D eigenvalue weighted by molar-refractivity contribution is -0.123. The number of hydrogen-bond donors (Lipinski definition) is 4. The van der Waals surface area contributed by atoms with E-state index in [1.54, 1.807) is 0 Å². The van der Waals surface area contributed by atoms with Gasteiger partial charge in [0.25, 0.3) is 11.8 Å². The van der Waals surface area contributed by atoms with Crippen molar-refractivity contribution >= 4 is 18.2 Å². The van der Waals surface area contributed by atoms with Crippen LogP contribution in [0.2, 0.25) is 0 Å². The number of carbonyl (C=O) groups is 3. The number of nitrogens with one attached hydrogen (secondary N) is 3. The summed E-state index contributed by atoms with van der Waals surface area (Å²) in [5.41, 5.74) is 8.14. The molecule has 0 fully saturated rings. The molecule has 2 aromatic rings. The van der Waals surface area contributed by atoms with Gasteiger partial charge in [0.05, 0.1) is 0 Å². The van der Waals surface area contributed by atoms with Gasteiger partial charge in [-0.3, -0.25) is 19.7 Å². The summed E-state index contributed by atoms with van der Waals surface area (Å²) in [4.78, 5) is 34.2. The number of imide groups is 1. The minimum atomic E-state index is -0.842. The van der Waals surface area contributed by atoms with E-state index < -0.39 is 11.8 Å². The normalized spacial score (nSPS) is 11.1. The molecule has 5 N–H and O–H groups in total. The highest BCUT2D eigenvalue weighted by atomic mass is 16.2. The molecule has 2 rings (SSSR count). The van der Waals surface area contributed by atoms with Crippen LogP contribution in [0, 0.1) is 0 Å². The molecule has 0 saturated carbocycles. The van der Waals surface area contributed by atoms with Gasteiger partial charge < -0.3 is 16.4 Å². The summed E-state index contributed by atoms with van der Waals surface area (Å²) in [6, 6.07) is 17.6. The zero-order valence-electron chi connectivity index (χ0n) is 14.3. The van der Waals surface area contributed by atoms with Gasteiger partial charge in [-0.1, -0.05) is 48.5 Å². The minimum absolute atomic E-state index is 0.108. The number of carbonyl (C=O) groups excluding carboxylic acids is 3. The minimum Gasteiger partial charge on any atom is -0.392 e. The molecule has 7 nitrogen and oxygen atoms in total. The Labute approximate surface area is 151 Å². The predicted octanol–water partition coefficient (Wildman–Crippen LogP) is 0.632. The first-order chi connectivity index (χ1) is 12.6. The van der Waals surface area contributed by atoms with Gasteiger partial charge >= 0.3 is 0 Å². The van der Waals surface area contributed by atoms with Crippen LogP contribution >= 0.6 is 0 Å². The Morgan fingerprint density at radius 1 is 1.00 bits per heavy atom. The molecule has 0 radical (unpaired) electrons. The summed E-state index contributed by atoms with van der Waals surface area (Å²) in [5, 5.41) is 7.17. The number of rotatable bonds is 7. The molecule has 3 amide bonds. The van der Waals surface area contributed by atoms with Gasteiger partial charge in [0.15, 0.2) is 0 Å². The van der Waals surface area contributed by atoms with Crippen molar-refractivity contribution in [2.75, 3.05) is 7.05 Å². The molecule has 0 aliphatic carbocycles. The van der Waals surface area contributed by atoms with E-state index in [0.29, 0.717) is 0 Å². The Hall–Kier alpha value is -3.61. The zero-order chi connectivity index (χ0) is 18.9. The van der Waals surface area contributed by atoms with Crippen molar-refractivity contribution in [3.8, 4) is 11.1 Å². The van der Waals surface area contributed by atoms with Crippen LogP contribution in [0.15, 0.2) is 66.0 Å². The summed E-state index contributed by atoms with van der Waals surface area (Å²) in [6.07, 6.45) is 0.204. The number of likely N-dealkylation sites (N-methyl/N-ethyl adjacent to an activating group) is 1. The third kappa shape index (κ3) is 4.70. The Kier molecular flexibility index (Phi) is 6.50. The maximum Gasteiger partial charge on any atom is 0.275 e. The fourth-order valence-electron chi connectivity index (χ4n) is 2.38. The summed E-state index contributed by atoms with van der Waals surface area (Å²) < 4.78 is 0. The summed E-state index contributed by atoms with van der Waals surface area (Å²) in [7, 11) is 1.46. The molecule has 0 spiro atoms. The van der Waals surface area contributed by atoms with Crippen molar-refractivity contribution in [2.24, 2.45) is 5.73 Å². The highest BCUT2D eigenvalue weighted by Gasteiger charge is 2.17. The second-order valence-corrected chi connectivity index (χ2v) is 5.38. The van der Waals surface area contributed by atoms with Gasteiger partial charge in [0.1, 0.15) is 11.4 Å². The molecule has 7 heteroatoms. The van der Waals surface area contributed by atoms with Gasteiger partial charge in [-0.15, -0.1) is 0 Å². The molecule has 0 unspecified atom stereocenters. The van der Waals surface area contributed by atoms with E-state index in [1.165, 1.54) is 7.05 Å². The topological polar surface area (TPSA) is 113 Å². The highest BCUT2D eigenvalue weighted by molar-refractivity contribution is 6.06. The first kappa shape index (κ1) is 18.7.